The molecule has 5 nitrogen and oxygen atoms in total. The summed E-state index contributed by atoms with van der Waals surface area (Å²) in [7, 11) is 0. The van der Waals surface area contributed by atoms with Crippen LogP contribution in [0.5, 0.6) is 5.75 Å². The number of nitrogens with zero attached hydrogens (tertiary/aromatic N) is 2. The van der Waals surface area contributed by atoms with Gasteiger partial charge in [-0.3, -0.25) is 4.40 Å². The van der Waals surface area contributed by atoms with Gasteiger partial charge in [0, 0.05) is 12.3 Å². The van der Waals surface area contributed by atoms with E-state index in [1.165, 1.54) is 36.5 Å². The third kappa shape index (κ3) is 2.90. The number of aryl methyl sites for hydroxylation is 1. The molecule has 2 aromatic heterocycles. The number of halogens is 1. The summed E-state index contributed by atoms with van der Waals surface area (Å²) in [4.78, 5) is 15.7. The minimum atomic E-state index is -1.02. The van der Waals surface area contributed by atoms with Crippen LogP contribution in [0.2, 0.25) is 5.02 Å². The molecule has 1 fully saturated rings. The summed E-state index contributed by atoms with van der Waals surface area (Å²) >= 11 is 6.11. The van der Waals surface area contributed by atoms with Gasteiger partial charge in [-0.05, 0) is 25.7 Å². The Bertz CT molecular complexity index is 705. The summed E-state index contributed by atoms with van der Waals surface area (Å²) in [6.45, 7) is 2.31. The predicted molar refractivity (Wildman–Crippen MR) is 84.0 cm³/mol. The van der Waals surface area contributed by atoms with Crippen LogP contribution >= 0.6 is 11.6 Å². The molecule has 0 unspecified atom stereocenters. The van der Waals surface area contributed by atoms with Gasteiger partial charge in [0.15, 0.2) is 17.1 Å². The Morgan fingerprint density at radius 2 is 2.18 bits per heavy atom. The molecule has 1 aliphatic carbocycles. The first-order valence-electron chi connectivity index (χ1n) is 7.60. The van der Waals surface area contributed by atoms with Gasteiger partial charge >= 0.3 is 5.97 Å². The normalized spacial score (nSPS) is 16.1. The molecule has 0 spiro atoms. The highest BCUT2D eigenvalue weighted by atomic mass is 35.5. The third-order valence-corrected chi connectivity index (χ3v) is 4.44. The van der Waals surface area contributed by atoms with Crippen molar-refractivity contribution in [1.82, 2.24) is 9.38 Å². The lowest BCUT2D eigenvalue weighted by Gasteiger charge is -2.21. The quantitative estimate of drug-likeness (QED) is 0.925. The Balaban J connectivity index is 1.91. The first-order chi connectivity index (χ1) is 10.6. The van der Waals surface area contributed by atoms with E-state index in [1.807, 2.05) is 0 Å². The second kappa shape index (κ2) is 6.16. The lowest BCUT2D eigenvalue weighted by atomic mass is 9.90. The Morgan fingerprint density at radius 3 is 2.86 bits per heavy atom. The molecule has 0 aromatic carbocycles. The number of pyridine rings is 1. The number of carbonyl (C=O) groups is 1. The fourth-order valence-electron chi connectivity index (χ4n) is 3.12. The zero-order valence-corrected chi connectivity index (χ0v) is 13.3. The molecule has 0 bridgehead atoms. The van der Waals surface area contributed by atoms with E-state index < -0.39 is 5.97 Å². The summed E-state index contributed by atoms with van der Waals surface area (Å²) in [5.41, 5.74) is 1.09. The van der Waals surface area contributed by atoms with Crippen LogP contribution in [0, 0.1) is 12.8 Å². The maximum absolute atomic E-state index is 11.4. The summed E-state index contributed by atoms with van der Waals surface area (Å²) in [5.74, 6) is 0.0851. The van der Waals surface area contributed by atoms with Gasteiger partial charge in [0.2, 0.25) is 0 Å². The van der Waals surface area contributed by atoms with Crippen molar-refractivity contribution in [2.75, 3.05) is 6.61 Å². The minimum absolute atomic E-state index is 0.125. The smallest absolute Gasteiger partial charge is 0.354 e. The lowest BCUT2D eigenvalue weighted by molar-refractivity contribution is 0.0688. The zero-order chi connectivity index (χ0) is 15.7. The van der Waals surface area contributed by atoms with Crippen LogP contribution in [-0.4, -0.2) is 27.1 Å². The highest BCUT2D eigenvalue weighted by molar-refractivity contribution is 6.30. The molecule has 0 amide bonds. The fourth-order valence-corrected chi connectivity index (χ4v) is 3.32. The van der Waals surface area contributed by atoms with E-state index in [0.29, 0.717) is 34.6 Å². The monoisotopic (exact) mass is 322 g/mol. The first-order valence-corrected chi connectivity index (χ1v) is 7.98. The second-order valence-electron chi connectivity index (χ2n) is 5.88. The van der Waals surface area contributed by atoms with Crippen LogP contribution in [-0.2, 0) is 0 Å². The van der Waals surface area contributed by atoms with E-state index in [9.17, 15) is 9.90 Å². The third-order valence-electron chi connectivity index (χ3n) is 4.23. The van der Waals surface area contributed by atoms with Crippen LogP contribution in [0.4, 0.5) is 0 Å². The second-order valence-corrected chi connectivity index (χ2v) is 6.32. The van der Waals surface area contributed by atoms with Crippen LogP contribution < -0.4 is 4.74 Å². The molecule has 6 heteroatoms. The molecule has 1 saturated carbocycles. The topological polar surface area (TPSA) is 63.8 Å². The van der Waals surface area contributed by atoms with E-state index in [0.717, 1.165) is 0 Å². The fraction of sp³-hybridized carbons (Fsp3) is 0.500. The SMILES string of the molecule is Cc1nc2c(OCC3CCCCC3)cc(Cl)cn2c1C(=O)O. The van der Waals surface area contributed by atoms with Crippen molar-refractivity contribution in [3.8, 4) is 5.75 Å². The molecule has 0 radical (unpaired) electrons. The van der Waals surface area contributed by atoms with E-state index in [4.69, 9.17) is 16.3 Å². The molecule has 0 atom stereocenters. The van der Waals surface area contributed by atoms with Crippen molar-refractivity contribution in [3.05, 3.63) is 28.7 Å². The summed E-state index contributed by atoms with van der Waals surface area (Å²) in [6.07, 6.45) is 7.75. The summed E-state index contributed by atoms with van der Waals surface area (Å²) < 4.78 is 7.42. The number of fused-ring (bicyclic) bond motifs is 1. The van der Waals surface area contributed by atoms with Crippen molar-refractivity contribution in [1.29, 1.82) is 0 Å². The number of carboxylic acid groups (broad SMARTS) is 1. The van der Waals surface area contributed by atoms with Gasteiger partial charge in [0.05, 0.1) is 17.3 Å². The Kier molecular flexibility index (Phi) is 4.25. The lowest BCUT2D eigenvalue weighted by Crippen LogP contribution is -2.15. The Hall–Kier alpha value is -1.75. The van der Waals surface area contributed by atoms with E-state index >= 15 is 0 Å². The molecule has 1 aliphatic rings. The van der Waals surface area contributed by atoms with Crippen LogP contribution in [0.25, 0.3) is 5.65 Å². The predicted octanol–water partition coefficient (Wildman–Crippen LogP) is 3.95. The van der Waals surface area contributed by atoms with E-state index in [2.05, 4.69) is 4.98 Å². The first kappa shape index (κ1) is 15.2. The molecular formula is C16H19ClN2O3. The molecular weight excluding hydrogens is 304 g/mol. The van der Waals surface area contributed by atoms with Gasteiger partial charge in [-0.1, -0.05) is 30.9 Å². The van der Waals surface area contributed by atoms with E-state index in [-0.39, 0.29) is 5.69 Å². The number of hydrogen-bond donors (Lipinski definition) is 1. The van der Waals surface area contributed by atoms with Gasteiger partial charge in [0.25, 0.3) is 0 Å². The molecule has 3 rings (SSSR count). The summed E-state index contributed by atoms with van der Waals surface area (Å²) in [5, 5.41) is 9.76. The van der Waals surface area contributed by atoms with Crippen molar-refractivity contribution in [3.63, 3.8) is 0 Å². The molecule has 0 aliphatic heterocycles. The van der Waals surface area contributed by atoms with Crippen LogP contribution in [0.15, 0.2) is 12.3 Å². The number of carboxylic acids is 1. The molecule has 2 aromatic rings. The van der Waals surface area contributed by atoms with Crippen molar-refractivity contribution in [2.24, 2.45) is 5.92 Å². The van der Waals surface area contributed by atoms with Gasteiger partial charge in [-0.15, -0.1) is 0 Å². The Labute approximate surface area is 133 Å². The molecule has 2 heterocycles. The number of hydrogen-bond acceptors (Lipinski definition) is 3. The van der Waals surface area contributed by atoms with Gasteiger partial charge < -0.3 is 9.84 Å². The van der Waals surface area contributed by atoms with E-state index in [1.54, 1.807) is 19.2 Å². The Morgan fingerprint density at radius 1 is 1.45 bits per heavy atom. The highest BCUT2D eigenvalue weighted by Crippen LogP contribution is 2.29. The van der Waals surface area contributed by atoms with Gasteiger partial charge in [0.1, 0.15) is 0 Å². The average Bonchev–Trinajstić information content (AvgIpc) is 2.82. The largest absolute Gasteiger partial charge is 0.489 e. The van der Waals surface area contributed by atoms with Gasteiger partial charge in [-0.25, -0.2) is 9.78 Å². The molecule has 1 N–H and O–H groups in total. The van der Waals surface area contributed by atoms with Crippen LogP contribution in [0.1, 0.15) is 48.3 Å². The minimum Gasteiger partial charge on any atom is -0.489 e. The van der Waals surface area contributed by atoms with Crippen molar-refractivity contribution < 1.29 is 14.6 Å². The number of aromatic nitrogens is 2. The standard InChI is InChI=1S/C16H19ClN2O3/c1-10-14(16(20)21)19-8-12(17)7-13(15(19)18-10)22-9-11-5-3-2-4-6-11/h7-8,11H,2-6,9H2,1H3,(H,20,21). The zero-order valence-electron chi connectivity index (χ0n) is 12.5. The molecule has 118 valence electrons. The van der Waals surface area contributed by atoms with Gasteiger partial charge in [-0.2, -0.15) is 0 Å². The molecule has 0 saturated heterocycles. The summed E-state index contributed by atoms with van der Waals surface area (Å²) in [6, 6.07) is 1.71. The highest BCUT2D eigenvalue weighted by Gasteiger charge is 2.20. The maximum Gasteiger partial charge on any atom is 0.354 e. The van der Waals surface area contributed by atoms with Crippen molar-refractivity contribution in [2.45, 2.75) is 39.0 Å². The maximum atomic E-state index is 11.4. The van der Waals surface area contributed by atoms with Crippen LogP contribution in [0.3, 0.4) is 0 Å². The number of imidazole rings is 1. The molecule has 22 heavy (non-hydrogen) atoms. The number of rotatable bonds is 4. The van der Waals surface area contributed by atoms with Crippen molar-refractivity contribution >= 4 is 23.2 Å². The number of ether oxygens (including phenoxy) is 1. The average molecular weight is 323 g/mol. The number of aromatic carboxylic acids is 1.